The lowest BCUT2D eigenvalue weighted by molar-refractivity contribution is -0.139. The van der Waals surface area contributed by atoms with Gasteiger partial charge in [0.05, 0.1) is 9.38 Å². The maximum atomic E-state index is 11.4. The molecule has 1 aromatic carbocycles. The summed E-state index contributed by atoms with van der Waals surface area (Å²) in [4.78, 5) is 33.2. The number of rotatable bonds is 4. The van der Waals surface area contributed by atoms with Crippen molar-refractivity contribution in [3.8, 4) is 5.75 Å². The highest BCUT2D eigenvalue weighted by molar-refractivity contribution is 9.10. The van der Waals surface area contributed by atoms with Gasteiger partial charge < -0.3 is 9.84 Å². The minimum Gasteiger partial charge on any atom is -0.481 e. The average Bonchev–Trinajstić information content (AvgIpc) is 2.66. The zero-order chi connectivity index (χ0) is 14.7. The first kappa shape index (κ1) is 14.6. The van der Waals surface area contributed by atoms with Crippen molar-refractivity contribution in [2.45, 2.75) is 0 Å². The number of nitrogens with one attached hydrogen (secondary N) is 1. The van der Waals surface area contributed by atoms with E-state index in [2.05, 4.69) is 21.2 Å². The van der Waals surface area contributed by atoms with Gasteiger partial charge in [-0.2, -0.15) is 0 Å². The molecule has 0 radical (unpaired) electrons. The van der Waals surface area contributed by atoms with Crippen LogP contribution in [-0.2, 0) is 9.59 Å². The van der Waals surface area contributed by atoms with Gasteiger partial charge in [-0.1, -0.05) is 6.07 Å². The summed E-state index contributed by atoms with van der Waals surface area (Å²) < 4.78 is 5.61. The van der Waals surface area contributed by atoms with E-state index in [1.165, 1.54) is 0 Å². The molecule has 2 amide bonds. The topological polar surface area (TPSA) is 92.7 Å². The van der Waals surface area contributed by atoms with Crippen LogP contribution in [-0.4, -0.2) is 28.8 Å². The number of imide groups is 1. The van der Waals surface area contributed by atoms with Gasteiger partial charge in [-0.3, -0.25) is 14.9 Å². The molecule has 0 bridgehead atoms. The van der Waals surface area contributed by atoms with E-state index in [9.17, 15) is 14.4 Å². The second-order valence-corrected chi connectivity index (χ2v) is 5.59. The van der Waals surface area contributed by atoms with Gasteiger partial charge in [-0.05, 0) is 51.5 Å². The summed E-state index contributed by atoms with van der Waals surface area (Å²) in [6.45, 7) is -0.439. The van der Waals surface area contributed by atoms with Crippen molar-refractivity contribution in [3.05, 3.63) is 33.1 Å². The smallest absolute Gasteiger partial charge is 0.341 e. The Bertz CT molecular complexity index is 628. The molecule has 6 nitrogen and oxygen atoms in total. The van der Waals surface area contributed by atoms with Crippen LogP contribution in [0, 0.1) is 0 Å². The predicted molar refractivity (Wildman–Crippen MR) is 76.4 cm³/mol. The van der Waals surface area contributed by atoms with Crippen molar-refractivity contribution < 1.29 is 24.2 Å². The number of benzene rings is 1. The van der Waals surface area contributed by atoms with Gasteiger partial charge >= 0.3 is 5.97 Å². The predicted octanol–water partition coefficient (Wildman–Crippen LogP) is 2.24. The minimum absolute atomic E-state index is 0.307. The quantitative estimate of drug-likeness (QED) is 0.802. The molecule has 1 saturated heterocycles. The highest BCUT2D eigenvalue weighted by atomic mass is 79.9. The monoisotopic (exact) mass is 357 g/mol. The molecule has 2 N–H and O–H groups in total. The molecule has 1 heterocycles. The Hall–Kier alpha value is -1.80. The second kappa shape index (κ2) is 6.10. The van der Waals surface area contributed by atoms with E-state index < -0.39 is 23.7 Å². The third-order valence-corrected chi connectivity index (χ3v) is 3.68. The van der Waals surface area contributed by atoms with E-state index >= 15 is 0 Å². The van der Waals surface area contributed by atoms with E-state index in [4.69, 9.17) is 9.84 Å². The van der Waals surface area contributed by atoms with Crippen LogP contribution >= 0.6 is 27.7 Å². The van der Waals surface area contributed by atoms with E-state index in [0.29, 0.717) is 20.7 Å². The molecule has 1 aliphatic heterocycles. The van der Waals surface area contributed by atoms with Crippen molar-refractivity contribution >= 4 is 50.9 Å². The van der Waals surface area contributed by atoms with E-state index in [-0.39, 0.29) is 0 Å². The van der Waals surface area contributed by atoms with Crippen LogP contribution < -0.4 is 10.1 Å². The molecule has 0 atom stereocenters. The van der Waals surface area contributed by atoms with Crippen LogP contribution in [0.25, 0.3) is 6.08 Å². The number of amides is 2. The van der Waals surface area contributed by atoms with Crippen LogP contribution in [0.3, 0.4) is 0 Å². The Labute approximate surface area is 126 Å². The van der Waals surface area contributed by atoms with Crippen molar-refractivity contribution in [3.63, 3.8) is 0 Å². The molecule has 1 fully saturated rings. The van der Waals surface area contributed by atoms with Crippen LogP contribution in [0.2, 0.25) is 0 Å². The lowest BCUT2D eigenvalue weighted by Crippen LogP contribution is -2.17. The fourth-order valence-electron chi connectivity index (χ4n) is 1.44. The normalized spacial score (nSPS) is 16.4. The van der Waals surface area contributed by atoms with Crippen molar-refractivity contribution in [1.82, 2.24) is 5.32 Å². The number of carbonyl (C=O) groups is 3. The summed E-state index contributed by atoms with van der Waals surface area (Å²) in [5, 5.41) is 10.3. The van der Waals surface area contributed by atoms with Crippen molar-refractivity contribution in [2.75, 3.05) is 6.61 Å². The molecule has 2 rings (SSSR count). The summed E-state index contributed by atoms with van der Waals surface area (Å²) in [5.41, 5.74) is 0.687. The number of carboxylic acid groups (broad SMARTS) is 1. The van der Waals surface area contributed by atoms with Gasteiger partial charge in [-0.15, -0.1) is 0 Å². The Morgan fingerprint density at radius 2 is 2.20 bits per heavy atom. The molecule has 0 spiro atoms. The molecular formula is C12H8BrNO5S. The first-order valence-electron chi connectivity index (χ1n) is 5.34. The van der Waals surface area contributed by atoms with E-state index in [0.717, 1.165) is 11.8 Å². The number of thioether (sulfide) groups is 1. The third-order valence-electron chi connectivity index (χ3n) is 2.25. The number of aliphatic carboxylic acids is 1. The number of ether oxygens (including phenoxy) is 1. The van der Waals surface area contributed by atoms with Gasteiger partial charge in [0, 0.05) is 0 Å². The van der Waals surface area contributed by atoms with Gasteiger partial charge in [0.15, 0.2) is 6.61 Å². The van der Waals surface area contributed by atoms with Gasteiger partial charge in [0.2, 0.25) is 0 Å². The maximum absolute atomic E-state index is 11.4. The molecule has 0 unspecified atom stereocenters. The Morgan fingerprint density at radius 3 is 2.75 bits per heavy atom. The highest BCUT2D eigenvalue weighted by Gasteiger charge is 2.24. The van der Waals surface area contributed by atoms with Crippen LogP contribution in [0.5, 0.6) is 5.75 Å². The number of hydrogen-bond acceptors (Lipinski definition) is 5. The fourth-order valence-corrected chi connectivity index (χ4v) is 2.63. The molecule has 0 aliphatic carbocycles. The number of hydrogen-bond donors (Lipinski definition) is 2. The minimum atomic E-state index is -1.07. The summed E-state index contributed by atoms with van der Waals surface area (Å²) in [6.07, 6.45) is 1.57. The molecule has 20 heavy (non-hydrogen) atoms. The highest BCUT2D eigenvalue weighted by Crippen LogP contribution is 2.30. The molecule has 8 heteroatoms. The Balaban J connectivity index is 2.17. The molecule has 104 valence electrons. The van der Waals surface area contributed by atoms with Gasteiger partial charge in [0.25, 0.3) is 11.1 Å². The zero-order valence-corrected chi connectivity index (χ0v) is 12.3. The fraction of sp³-hybridized carbons (Fsp3) is 0.0833. The molecular weight excluding hydrogens is 350 g/mol. The SMILES string of the molecule is O=C(O)COc1ccc(C=C2SC(=O)NC2=O)cc1Br. The average molecular weight is 358 g/mol. The maximum Gasteiger partial charge on any atom is 0.341 e. The lowest BCUT2D eigenvalue weighted by Gasteiger charge is -2.06. The number of halogens is 1. The summed E-state index contributed by atoms with van der Waals surface area (Å²) >= 11 is 4.08. The van der Waals surface area contributed by atoms with Crippen LogP contribution in [0.15, 0.2) is 27.6 Å². The molecule has 1 aromatic rings. The number of carboxylic acids is 1. The zero-order valence-electron chi connectivity index (χ0n) is 9.88. The molecule has 0 aromatic heterocycles. The van der Waals surface area contributed by atoms with Crippen LogP contribution in [0.1, 0.15) is 5.56 Å². The molecule has 0 saturated carbocycles. The largest absolute Gasteiger partial charge is 0.481 e. The lowest BCUT2D eigenvalue weighted by atomic mass is 10.2. The van der Waals surface area contributed by atoms with Crippen LogP contribution in [0.4, 0.5) is 4.79 Å². The molecule has 1 aliphatic rings. The number of carbonyl (C=O) groups excluding carboxylic acids is 2. The standard InChI is InChI=1S/C12H8BrNO5S/c13-7-3-6(1-2-8(7)19-5-10(15)16)4-9-11(17)14-12(18)20-9/h1-4H,5H2,(H,15,16)(H,14,17,18). The first-order valence-corrected chi connectivity index (χ1v) is 6.95. The third kappa shape index (κ3) is 3.61. The van der Waals surface area contributed by atoms with Gasteiger partial charge in [0.1, 0.15) is 5.75 Å². The second-order valence-electron chi connectivity index (χ2n) is 3.72. The Morgan fingerprint density at radius 1 is 1.45 bits per heavy atom. The summed E-state index contributed by atoms with van der Waals surface area (Å²) in [7, 11) is 0. The van der Waals surface area contributed by atoms with E-state index in [1.54, 1.807) is 24.3 Å². The summed E-state index contributed by atoms with van der Waals surface area (Å²) in [5.74, 6) is -1.11. The summed E-state index contributed by atoms with van der Waals surface area (Å²) in [6, 6.07) is 4.91. The van der Waals surface area contributed by atoms with Crippen molar-refractivity contribution in [1.29, 1.82) is 0 Å². The Kier molecular flexibility index (Phi) is 4.46. The van der Waals surface area contributed by atoms with Gasteiger partial charge in [-0.25, -0.2) is 4.79 Å². The first-order chi connectivity index (χ1) is 9.45. The van der Waals surface area contributed by atoms with Crippen molar-refractivity contribution in [2.24, 2.45) is 0 Å². The van der Waals surface area contributed by atoms with E-state index in [1.807, 2.05) is 0 Å².